The van der Waals surface area contributed by atoms with Gasteiger partial charge in [0.25, 0.3) is 0 Å². The van der Waals surface area contributed by atoms with E-state index in [2.05, 4.69) is 15.9 Å². The SMILES string of the molecule is COC1(C(O)Cc2cc(Br)ccc2F)CCC1. The Hall–Kier alpha value is -0.450. The van der Waals surface area contributed by atoms with E-state index in [-0.39, 0.29) is 5.82 Å². The molecule has 94 valence electrons. The standard InChI is InChI=1S/C13H16BrFO2/c1-17-13(5-2-6-13)12(16)8-9-7-10(14)3-4-11(9)15/h3-4,7,12,16H,2,5-6,8H2,1H3. The summed E-state index contributed by atoms with van der Waals surface area (Å²) in [5.74, 6) is -0.280. The number of hydrogen-bond donors (Lipinski definition) is 1. The van der Waals surface area contributed by atoms with Gasteiger partial charge in [-0.25, -0.2) is 4.39 Å². The van der Waals surface area contributed by atoms with E-state index in [1.165, 1.54) is 6.07 Å². The summed E-state index contributed by atoms with van der Waals surface area (Å²) in [6.07, 6.45) is 2.40. The first-order valence-corrected chi connectivity index (χ1v) is 6.54. The van der Waals surface area contributed by atoms with Gasteiger partial charge in [-0.15, -0.1) is 0 Å². The van der Waals surface area contributed by atoms with Crippen molar-refractivity contribution in [2.45, 2.75) is 37.4 Å². The highest BCUT2D eigenvalue weighted by Gasteiger charge is 2.43. The molecule has 0 aromatic heterocycles. The van der Waals surface area contributed by atoms with Crippen molar-refractivity contribution in [3.05, 3.63) is 34.1 Å². The predicted octanol–water partition coefficient (Wildman–Crippen LogP) is 3.06. The first-order valence-electron chi connectivity index (χ1n) is 5.74. The van der Waals surface area contributed by atoms with E-state index >= 15 is 0 Å². The number of benzene rings is 1. The van der Waals surface area contributed by atoms with Crippen LogP contribution in [0.2, 0.25) is 0 Å². The summed E-state index contributed by atoms with van der Waals surface area (Å²) in [4.78, 5) is 0. The largest absolute Gasteiger partial charge is 0.390 e. The minimum absolute atomic E-state index is 0.280. The van der Waals surface area contributed by atoms with Gasteiger partial charge in [0, 0.05) is 18.0 Å². The molecule has 1 aromatic rings. The summed E-state index contributed by atoms with van der Waals surface area (Å²) in [5, 5.41) is 10.2. The molecule has 1 aliphatic rings. The summed E-state index contributed by atoms with van der Waals surface area (Å²) in [5.41, 5.74) is 0.0598. The lowest BCUT2D eigenvalue weighted by atomic mass is 9.74. The average molecular weight is 303 g/mol. The van der Waals surface area contributed by atoms with Crippen LogP contribution >= 0.6 is 15.9 Å². The molecule has 0 aliphatic heterocycles. The molecule has 1 unspecified atom stereocenters. The maximum atomic E-state index is 13.6. The normalized spacial score (nSPS) is 19.8. The Morgan fingerprint density at radius 1 is 1.53 bits per heavy atom. The van der Waals surface area contributed by atoms with Crippen molar-refractivity contribution in [3.8, 4) is 0 Å². The predicted molar refractivity (Wildman–Crippen MR) is 67.4 cm³/mol. The van der Waals surface area contributed by atoms with Gasteiger partial charge in [-0.05, 0) is 43.0 Å². The third-order valence-corrected chi connectivity index (χ3v) is 4.13. The zero-order valence-corrected chi connectivity index (χ0v) is 11.3. The summed E-state index contributed by atoms with van der Waals surface area (Å²) in [6.45, 7) is 0. The topological polar surface area (TPSA) is 29.5 Å². The molecular weight excluding hydrogens is 287 g/mol. The number of aliphatic hydroxyl groups is 1. The van der Waals surface area contributed by atoms with E-state index < -0.39 is 11.7 Å². The molecule has 17 heavy (non-hydrogen) atoms. The Balaban J connectivity index is 2.12. The highest BCUT2D eigenvalue weighted by atomic mass is 79.9. The Morgan fingerprint density at radius 3 is 2.76 bits per heavy atom. The molecule has 2 nitrogen and oxygen atoms in total. The number of halogens is 2. The van der Waals surface area contributed by atoms with Gasteiger partial charge in [-0.2, -0.15) is 0 Å². The van der Waals surface area contributed by atoms with Gasteiger partial charge in [0.15, 0.2) is 0 Å². The Morgan fingerprint density at radius 2 is 2.24 bits per heavy atom. The lowest BCUT2D eigenvalue weighted by Gasteiger charge is -2.44. The molecule has 1 aliphatic carbocycles. The molecule has 1 saturated carbocycles. The molecule has 1 fully saturated rings. The third-order valence-electron chi connectivity index (χ3n) is 3.63. The van der Waals surface area contributed by atoms with Crippen molar-refractivity contribution >= 4 is 15.9 Å². The molecule has 1 N–H and O–H groups in total. The summed E-state index contributed by atoms with van der Waals surface area (Å²) in [7, 11) is 1.61. The van der Waals surface area contributed by atoms with Crippen molar-refractivity contribution in [2.75, 3.05) is 7.11 Å². The number of methoxy groups -OCH3 is 1. The van der Waals surface area contributed by atoms with Crippen molar-refractivity contribution in [3.63, 3.8) is 0 Å². The van der Waals surface area contributed by atoms with Crippen LogP contribution in [0.5, 0.6) is 0 Å². The monoisotopic (exact) mass is 302 g/mol. The molecule has 0 heterocycles. The minimum atomic E-state index is -0.648. The summed E-state index contributed by atoms with van der Waals surface area (Å²) >= 11 is 3.31. The van der Waals surface area contributed by atoms with Gasteiger partial charge < -0.3 is 9.84 Å². The van der Waals surface area contributed by atoms with Crippen LogP contribution in [0.15, 0.2) is 22.7 Å². The van der Waals surface area contributed by atoms with Crippen molar-refractivity contribution in [1.29, 1.82) is 0 Å². The van der Waals surface area contributed by atoms with E-state index in [0.717, 1.165) is 23.7 Å². The second-order valence-electron chi connectivity index (χ2n) is 4.58. The van der Waals surface area contributed by atoms with Crippen LogP contribution in [0.4, 0.5) is 4.39 Å². The highest BCUT2D eigenvalue weighted by Crippen LogP contribution is 2.39. The molecule has 0 saturated heterocycles. The second kappa shape index (κ2) is 5.04. The Bertz CT molecular complexity index is 399. The summed E-state index contributed by atoms with van der Waals surface area (Å²) in [6, 6.07) is 4.77. The molecule has 0 bridgehead atoms. The molecule has 2 rings (SSSR count). The van der Waals surface area contributed by atoms with Gasteiger partial charge in [0.2, 0.25) is 0 Å². The number of ether oxygens (including phenoxy) is 1. The molecule has 4 heteroatoms. The number of rotatable bonds is 4. The van der Waals surface area contributed by atoms with E-state index in [4.69, 9.17) is 4.74 Å². The Kier molecular flexibility index (Phi) is 3.85. The maximum absolute atomic E-state index is 13.6. The first-order chi connectivity index (χ1) is 8.07. The molecule has 0 radical (unpaired) electrons. The second-order valence-corrected chi connectivity index (χ2v) is 5.49. The fraction of sp³-hybridized carbons (Fsp3) is 0.538. The fourth-order valence-corrected chi connectivity index (χ4v) is 2.70. The third kappa shape index (κ3) is 2.54. The quantitative estimate of drug-likeness (QED) is 0.926. The van der Waals surface area contributed by atoms with Crippen LogP contribution < -0.4 is 0 Å². The van der Waals surface area contributed by atoms with Gasteiger partial charge in [-0.3, -0.25) is 0 Å². The van der Waals surface area contributed by atoms with Gasteiger partial charge in [0.05, 0.1) is 11.7 Å². The fourth-order valence-electron chi connectivity index (χ4n) is 2.29. The molecular formula is C13H16BrFO2. The van der Waals surface area contributed by atoms with Crippen LogP contribution in [0, 0.1) is 5.82 Å². The van der Waals surface area contributed by atoms with Crippen molar-refractivity contribution in [1.82, 2.24) is 0 Å². The molecule has 0 spiro atoms. The van der Waals surface area contributed by atoms with Gasteiger partial charge >= 0.3 is 0 Å². The van der Waals surface area contributed by atoms with Crippen LogP contribution in [0.3, 0.4) is 0 Å². The van der Waals surface area contributed by atoms with Crippen LogP contribution in [0.25, 0.3) is 0 Å². The van der Waals surface area contributed by atoms with Gasteiger partial charge in [-0.1, -0.05) is 15.9 Å². The van der Waals surface area contributed by atoms with Crippen LogP contribution in [-0.2, 0) is 11.2 Å². The average Bonchev–Trinajstić information content (AvgIpc) is 2.23. The van der Waals surface area contributed by atoms with E-state index in [1.54, 1.807) is 19.2 Å². The van der Waals surface area contributed by atoms with Crippen molar-refractivity contribution < 1.29 is 14.2 Å². The number of aliphatic hydroxyl groups excluding tert-OH is 1. The summed E-state index contributed by atoms with van der Waals surface area (Å²) < 4.78 is 19.8. The first kappa shape index (κ1) is 13.0. The van der Waals surface area contributed by atoms with E-state index in [1.807, 2.05) is 0 Å². The molecule has 1 atom stereocenters. The van der Waals surface area contributed by atoms with E-state index in [9.17, 15) is 9.50 Å². The van der Waals surface area contributed by atoms with Gasteiger partial charge in [0.1, 0.15) is 5.82 Å². The molecule has 0 amide bonds. The number of hydrogen-bond acceptors (Lipinski definition) is 2. The lowest BCUT2D eigenvalue weighted by Crippen LogP contribution is -2.50. The Labute approximate surface area is 109 Å². The smallest absolute Gasteiger partial charge is 0.126 e. The van der Waals surface area contributed by atoms with Crippen LogP contribution in [0.1, 0.15) is 24.8 Å². The zero-order valence-electron chi connectivity index (χ0n) is 9.75. The zero-order chi connectivity index (χ0) is 12.5. The van der Waals surface area contributed by atoms with Crippen molar-refractivity contribution in [2.24, 2.45) is 0 Å². The molecule has 1 aromatic carbocycles. The van der Waals surface area contributed by atoms with E-state index in [0.29, 0.717) is 12.0 Å². The minimum Gasteiger partial charge on any atom is -0.390 e. The highest BCUT2D eigenvalue weighted by molar-refractivity contribution is 9.10. The van der Waals surface area contributed by atoms with Crippen LogP contribution in [-0.4, -0.2) is 23.9 Å². The maximum Gasteiger partial charge on any atom is 0.126 e. The lowest BCUT2D eigenvalue weighted by molar-refractivity contribution is -0.148.